The SMILES string of the molecule is COC(=O)C1=C(C)N=c2s/c(=C/c3ccc(C)cc3)c(=O)n2[C@H]1c1ccc(OC)cc1. The fraction of sp³-hybridized carbons (Fsp3) is 0.208. The van der Waals surface area contributed by atoms with Crippen molar-refractivity contribution in [3.05, 3.63) is 96.2 Å². The molecule has 0 fully saturated rings. The normalized spacial score (nSPS) is 16.0. The quantitative estimate of drug-likeness (QED) is 0.592. The van der Waals surface area contributed by atoms with E-state index in [0.717, 1.165) is 16.7 Å². The number of fused-ring (bicyclic) bond motifs is 1. The topological polar surface area (TPSA) is 69.9 Å². The van der Waals surface area contributed by atoms with Crippen LogP contribution in [0.5, 0.6) is 5.75 Å². The Morgan fingerprint density at radius 2 is 1.74 bits per heavy atom. The number of ether oxygens (including phenoxy) is 2. The molecular weight excluding hydrogens is 412 g/mol. The molecule has 1 aromatic heterocycles. The average Bonchev–Trinajstić information content (AvgIpc) is 3.08. The Bertz CT molecular complexity index is 1350. The van der Waals surface area contributed by atoms with E-state index in [2.05, 4.69) is 4.99 Å². The van der Waals surface area contributed by atoms with Gasteiger partial charge in [-0.2, -0.15) is 0 Å². The summed E-state index contributed by atoms with van der Waals surface area (Å²) in [6.45, 7) is 3.78. The van der Waals surface area contributed by atoms with Crippen molar-refractivity contribution in [1.29, 1.82) is 0 Å². The molecule has 0 saturated heterocycles. The van der Waals surface area contributed by atoms with Crippen LogP contribution in [-0.4, -0.2) is 24.8 Å². The van der Waals surface area contributed by atoms with Gasteiger partial charge in [0, 0.05) is 0 Å². The third-order valence-corrected chi connectivity index (χ3v) is 6.22. The second-order valence-corrected chi connectivity index (χ2v) is 8.27. The maximum Gasteiger partial charge on any atom is 0.338 e. The van der Waals surface area contributed by atoms with Crippen molar-refractivity contribution in [2.75, 3.05) is 14.2 Å². The number of benzene rings is 2. The van der Waals surface area contributed by atoms with Gasteiger partial charge in [-0.25, -0.2) is 9.79 Å². The van der Waals surface area contributed by atoms with Crippen molar-refractivity contribution in [3.8, 4) is 5.75 Å². The molecule has 0 saturated carbocycles. The smallest absolute Gasteiger partial charge is 0.338 e. The lowest BCUT2D eigenvalue weighted by atomic mass is 9.96. The molecular formula is C24H22N2O4S. The van der Waals surface area contributed by atoms with Crippen molar-refractivity contribution in [2.24, 2.45) is 4.99 Å². The van der Waals surface area contributed by atoms with Gasteiger partial charge in [0.25, 0.3) is 5.56 Å². The van der Waals surface area contributed by atoms with Gasteiger partial charge in [0.1, 0.15) is 5.75 Å². The molecule has 2 heterocycles. The van der Waals surface area contributed by atoms with Crippen LogP contribution in [0.15, 0.2) is 69.6 Å². The van der Waals surface area contributed by atoms with Crippen LogP contribution in [0, 0.1) is 6.92 Å². The zero-order valence-corrected chi connectivity index (χ0v) is 18.5. The van der Waals surface area contributed by atoms with Gasteiger partial charge >= 0.3 is 5.97 Å². The number of thiazole rings is 1. The highest BCUT2D eigenvalue weighted by molar-refractivity contribution is 7.07. The minimum absolute atomic E-state index is 0.195. The van der Waals surface area contributed by atoms with Crippen LogP contribution in [0.4, 0.5) is 0 Å². The summed E-state index contributed by atoms with van der Waals surface area (Å²) < 4.78 is 12.4. The molecule has 1 aliphatic heterocycles. The number of esters is 1. The average molecular weight is 435 g/mol. The maximum atomic E-state index is 13.4. The second kappa shape index (κ2) is 8.35. The largest absolute Gasteiger partial charge is 0.497 e. The van der Waals surface area contributed by atoms with Crippen LogP contribution in [0.25, 0.3) is 6.08 Å². The molecule has 1 aliphatic rings. The predicted octanol–water partition coefficient (Wildman–Crippen LogP) is 2.73. The second-order valence-electron chi connectivity index (χ2n) is 7.26. The summed E-state index contributed by atoms with van der Waals surface area (Å²) >= 11 is 1.31. The van der Waals surface area contributed by atoms with Crippen LogP contribution in [0.3, 0.4) is 0 Å². The molecule has 0 N–H and O–H groups in total. The lowest BCUT2D eigenvalue weighted by molar-refractivity contribution is -0.136. The highest BCUT2D eigenvalue weighted by Gasteiger charge is 2.33. The summed E-state index contributed by atoms with van der Waals surface area (Å²) in [6.07, 6.45) is 1.85. The summed E-state index contributed by atoms with van der Waals surface area (Å²) in [5, 5.41) is 0. The molecule has 158 valence electrons. The van der Waals surface area contributed by atoms with Gasteiger partial charge in [-0.3, -0.25) is 9.36 Å². The fourth-order valence-corrected chi connectivity index (χ4v) is 4.65. The van der Waals surface area contributed by atoms with E-state index in [0.29, 0.717) is 26.4 Å². The summed E-state index contributed by atoms with van der Waals surface area (Å²) in [7, 11) is 2.92. The Morgan fingerprint density at radius 1 is 1.06 bits per heavy atom. The molecule has 0 aliphatic carbocycles. The third kappa shape index (κ3) is 3.84. The molecule has 0 bridgehead atoms. The lowest BCUT2D eigenvalue weighted by Gasteiger charge is -2.24. The van der Waals surface area contributed by atoms with E-state index < -0.39 is 12.0 Å². The molecule has 7 heteroatoms. The van der Waals surface area contributed by atoms with E-state index in [1.165, 1.54) is 18.4 Å². The van der Waals surface area contributed by atoms with E-state index in [-0.39, 0.29) is 5.56 Å². The number of nitrogens with zero attached hydrogens (tertiary/aromatic N) is 2. The molecule has 4 rings (SSSR count). The number of carbonyl (C=O) groups excluding carboxylic acids is 1. The lowest BCUT2D eigenvalue weighted by Crippen LogP contribution is -2.39. The van der Waals surface area contributed by atoms with E-state index in [9.17, 15) is 9.59 Å². The first-order chi connectivity index (χ1) is 14.9. The minimum Gasteiger partial charge on any atom is -0.497 e. The van der Waals surface area contributed by atoms with E-state index in [1.54, 1.807) is 18.6 Å². The van der Waals surface area contributed by atoms with Crippen molar-refractivity contribution in [1.82, 2.24) is 4.57 Å². The number of hydrogen-bond acceptors (Lipinski definition) is 6. The van der Waals surface area contributed by atoms with Gasteiger partial charge in [0.05, 0.1) is 36.1 Å². The molecule has 0 amide bonds. The van der Waals surface area contributed by atoms with Gasteiger partial charge < -0.3 is 9.47 Å². The Kier molecular flexibility index (Phi) is 5.61. The number of carbonyl (C=O) groups is 1. The van der Waals surface area contributed by atoms with Gasteiger partial charge in [-0.05, 0) is 43.2 Å². The summed E-state index contributed by atoms with van der Waals surface area (Å²) in [4.78, 5) is 31.2. The number of aryl methyl sites for hydroxylation is 1. The predicted molar refractivity (Wildman–Crippen MR) is 120 cm³/mol. The van der Waals surface area contributed by atoms with Crippen LogP contribution in [0.1, 0.15) is 29.7 Å². The van der Waals surface area contributed by atoms with Crippen LogP contribution in [0.2, 0.25) is 0 Å². The van der Waals surface area contributed by atoms with E-state index >= 15 is 0 Å². The molecule has 31 heavy (non-hydrogen) atoms. The third-order valence-electron chi connectivity index (χ3n) is 5.23. The Hall–Kier alpha value is -3.45. The molecule has 0 spiro atoms. The molecule has 6 nitrogen and oxygen atoms in total. The van der Waals surface area contributed by atoms with Gasteiger partial charge in [-0.1, -0.05) is 53.3 Å². The first-order valence-corrected chi connectivity index (χ1v) is 10.6. The highest BCUT2D eigenvalue weighted by Crippen LogP contribution is 2.31. The van der Waals surface area contributed by atoms with Crippen molar-refractivity contribution in [3.63, 3.8) is 0 Å². The van der Waals surface area contributed by atoms with Crippen LogP contribution < -0.4 is 19.6 Å². The monoisotopic (exact) mass is 434 g/mol. The van der Waals surface area contributed by atoms with Crippen molar-refractivity contribution >= 4 is 23.4 Å². The van der Waals surface area contributed by atoms with Crippen molar-refractivity contribution < 1.29 is 14.3 Å². The first kappa shape index (κ1) is 20.8. The first-order valence-electron chi connectivity index (χ1n) is 9.74. The van der Waals surface area contributed by atoms with Gasteiger partial charge in [-0.15, -0.1) is 0 Å². The number of hydrogen-bond donors (Lipinski definition) is 0. The summed E-state index contributed by atoms with van der Waals surface area (Å²) in [6, 6.07) is 14.6. The number of rotatable bonds is 4. The Labute approximate surface area is 183 Å². The van der Waals surface area contributed by atoms with Crippen molar-refractivity contribution in [2.45, 2.75) is 19.9 Å². The molecule has 3 aromatic rings. The molecule has 0 radical (unpaired) electrons. The number of aromatic nitrogens is 1. The van der Waals surface area contributed by atoms with Crippen LogP contribution in [-0.2, 0) is 9.53 Å². The molecule has 2 aromatic carbocycles. The Morgan fingerprint density at radius 3 is 2.35 bits per heavy atom. The number of methoxy groups -OCH3 is 2. The Balaban J connectivity index is 1.94. The molecule has 0 unspecified atom stereocenters. The van der Waals surface area contributed by atoms with E-state index in [4.69, 9.17) is 9.47 Å². The number of allylic oxidation sites excluding steroid dienone is 1. The van der Waals surface area contributed by atoms with Crippen LogP contribution >= 0.6 is 11.3 Å². The summed E-state index contributed by atoms with van der Waals surface area (Å²) in [5.41, 5.74) is 3.55. The maximum absolute atomic E-state index is 13.4. The molecule has 1 atom stereocenters. The highest BCUT2D eigenvalue weighted by atomic mass is 32.1. The minimum atomic E-state index is -0.630. The van der Waals surface area contributed by atoms with Gasteiger partial charge in [0.15, 0.2) is 4.80 Å². The zero-order chi connectivity index (χ0) is 22.1. The fourth-order valence-electron chi connectivity index (χ4n) is 3.61. The summed E-state index contributed by atoms with van der Waals surface area (Å²) in [5.74, 6) is 0.186. The van der Waals surface area contributed by atoms with Gasteiger partial charge in [0.2, 0.25) is 0 Å². The van der Waals surface area contributed by atoms with E-state index in [1.807, 2.05) is 61.5 Å². The zero-order valence-electron chi connectivity index (χ0n) is 17.7. The standard InChI is InChI=1S/C24H22N2O4S/c1-14-5-7-16(8-6-14)13-19-22(27)26-21(17-9-11-18(29-3)12-10-17)20(23(28)30-4)15(2)25-24(26)31-19/h5-13,21H,1-4H3/b19-13+/t21-/m0/s1.